The van der Waals surface area contributed by atoms with Crippen LogP contribution >= 0.6 is 0 Å². The topological polar surface area (TPSA) is 84.9 Å². The number of rotatable bonds is 5. The molecular formula is C21H18N2O5. The molecule has 2 aliphatic heterocycles. The molecule has 0 radical (unpaired) electrons. The maximum absolute atomic E-state index is 12.1. The molecule has 2 aliphatic rings. The molecular weight excluding hydrogens is 360 g/mol. The standard InChI is InChI=1S/C21H18N2O5/c24-19(8-4-14-3-7-17-18(11-14)28-13-27-17)22-16-5-1-15(2-6-16)12-23-20(25)9-10-21(23)26/h1-8,11H,9-10,12-13H2,(H,22,24)/b8-4+. The Morgan fingerprint density at radius 2 is 1.71 bits per heavy atom. The Bertz CT molecular complexity index is 949. The van der Waals surface area contributed by atoms with Crippen molar-refractivity contribution in [2.75, 3.05) is 12.1 Å². The fourth-order valence-corrected chi connectivity index (χ4v) is 3.05. The van der Waals surface area contributed by atoms with Gasteiger partial charge in [0, 0.05) is 24.6 Å². The second-order valence-corrected chi connectivity index (χ2v) is 6.51. The van der Waals surface area contributed by atoms with Gasteiger partial charge in [0.2, 0.25) is 24.5 Å². The number of anilines is 1. The lowest BCUT2D eigenvalue weighted by atomic mass is 10.2. The maximum Gasteiger partial charge on any atom is 0.248 e. The van der Waals surface area contributed by atoms with Gasteiger partial charge in [-0.25, -0.2) is 0 Å². The van der Waals surface area contributed by atoms with Gasteiger partial charge in [-0.15, -0.1) is 0 Å². The van der Waals surface area contributed by atoms with Crippen LogP contribution in [-0.4, -0.2) is 29.4 Å². The average Bonchev–Trinajstić information content (AvgIpc) is 3.29. The van der Waals surface area contributed by atoms with Crippen LogP contribution < -0.4 is 14.8 Å². The van der Waals surface area contributed by atoms with Gasteiger partial charge in [-0.05, 0) is 41.5 Å². The van der Waals surface area contributed by atoms with Gasteiger partial charge in [-0.2, -0.15) is 0 Å². The minimum atomic E-state index is -0.268. The van der Waals surface area contributed by atoms with Crippen LogP contribution in [0.4, 0.5) is 5.69 Å². The number of benzene rings is 2. The number of fused-ring (bicyclic) bond motifs is 1. The quantitative estimate of drug-likeness (QED) is 0.639. The van der Waals surface area contributed by atoms with Gasteiger partial charge in [0.15, 0.2) is 11.5 Å². The molecule has 0 saturated carbocycles. The second-order valence-electron chi connectivity index (χ2n) is 6.51. The first kappa shape index (κ1) is 17.8. The molecule has 2 heterocycles. The third-order valence-electron chi connectivity index (χ3n) is 4.54. The van der Waals surface area contributed by atoms with Crippen LogP contribution in [-0.2, 0) is 20.9 Å². The van der Waals surface area contributed by atoms with Gasteiger partial charge in [0.05, 0.1) is 6.54 Å². The second kappa shape index (κ2) is 7.56. The molecule has 1 saturated heterocycles. The maximum atomic E-state index is 12.1. The van der Waals surface area contributed by atoms with Crippen molar-refractivity contribution in [1.29, 1.82) is 0 Å². The van der Waals surface area contributed by atoms with E-state index in [2.05, 4.69) is 5.32 Å². The predicted molar refractivity (Wildman–Crippen MR) is 101 cm³/mol. The molecule has 0 unspecified atom stereocenters. The van der Waals surface area contributed by atoms with E-state index in [9.17, 15) is 14.4 Å². The summed E-state index contributed by atoms with van der Waals surface area (Å²) in [6.07, 6.45) is 3.69. The number of ether oxygens (including phenoxy) is 2. The number of hydrogen-bond acceptors (Lipinski definition) is 5. The summed E-state index contributed by atoms with van der Waals surface area (Å²) in [6, 6.07) is 12.5. The summed E-state index contributed by atoms with van der Waals surface area (Å²) in [7, 11) is 0. The largest absolute Gasteiger partial charge is 0.454 e. The zero-order chi connectivity index (χ0) is 19.5. The Labute approximate surface area is 161 Å². The summed E-state index contributed by atoms with van der Waals surface area (Å²) in [4.78, 5) is 36.7. The van der Waals surface area contributed by atoms with E-state index in [0.717, 1.165) is 11.1 Å². The van der Waals surface area contributed by atoms with Crippen molar-refractivity contribution in [2.45, 2.75) is 19.4 Å². The molecule has 28 heavy (non-hydrogen) atoms. The van der Waals surface area contributed by atoms with Gasteiger partial charge < -0.3 is 14.8 Å². The zero-order valence-corrected chi connectivity index (χ0v) is 15.0. The lowest BCUT2D eigenvalue weighted by Gasteiger charge is -2.14. The highest BCUT2D eigenvalue weighted by Gasteiger charge is 2.28. The first-order chi connectivity index (χ1) is 13.6. The molecule has 7 heteroatoms. The van der Waals surface area contributed by atoms with Crippen LogP contribution in [0, 0.1) is 0 Å². The molecule has 2 aromatic carbocycles. The summed E-state index contributed by atoms with van der Waals surface area (Å²) in [5, 5.41) is 2.77. The Balaban J connectivity index is 1.34. The molecule has 3 amide bonds. The summed E-state index contributed by atoms with van der Waals surface area (Å²) in [5.74, 6) is 0.800. The summed E-state index contributed by atoms with van der Waals surface area (Å²) < 4.78 is 10.6. The van der Waals surface area contributed by atoms with Crippen molar-refractivity contribution in [3.05, 3.63) is 59.7 Å². The first-order valence-corrected chi connectivity index (χ1v) is 8.89. The lowest BCUT2D eigenvalue weighted by molar-refractivity contribution is -0.139. The fourth-order valence-electron chi connectivity index (χ4n) is 3.05. The first-order valence-electron chi connectivity index (χ1n) is 8.89. The summed E-state index contributed by atoms with van der Waals surface area (Å²) in [6.45, 7) is 0.467. The van der Waals surface area contributed by atoms with Crippen LogP contribution in [0.2, 0.25) is 0 Å². The van der Waals surface area contributed by atoms with Crippen LogP contribution in [0.5, 0.6) is 11.5 Å². The highest BCUT2D eigenvalue weighted by Crippen LogP contribution is 2.32. The minimum Gasteiger partial charge on any atom is -0.454 e. The molecule has 0 aromatic heterocycles. The van der Waals surface area contributed by atoms with Crippen LogP contribution in [0.25, 0.3) is 6.08 Å². The van der Waals surface area contributed by atoms with Gasteiger partial charge in [-0.1, -0.05) is 18.2 Å². The fraction of sp³-hybridized carbons (Fsp3) is 0.190. The number of nitrogens with one attached hydrogen (secondary N) is 1. The number of likely N-dealkylation sites (tertiary alicyclic amines) is 1. The van der Waals surface area contributed by atoms with Crippen LogP contribution in [0.15, 0.2) is 48.5 Å². The van der Waals surface area contributed by atoms with Crippen LogP contribution in [0.3, 0.4) is 0 Å². The lowest BCUT2D eigenvalue weighted by Crippen LogP contribution is -2.28. The Morgan fingerprint density at radius 3 is 2.46 bits per heavy atom. The summed E-state index contributed by atoms with van der Waals surface area (Å²) in [5.41, 5.74) is 2.29. The van der Waals surface area contributed by atoms with Crippen molar-refractivity contribution >= 4 is 29.5 Å². The van der Waals surface area contributed by atoms with Crippen LogP contribution in [0.1, 0.15) is 24.0 Å². The van der Waals surface area contributed by atoms with E-state index in [1.165, 1.54) is 11.0 Å². The molecule has 0 atom stereocenters. The smallest absolute Gasteiger partial charge is 0.248 e. The molecule has 1 N–H and O–H groups in total. The highest BCUT2D eigenvalue weighted by atomic mass is 16.7. The van der Waals surface area contributed by atoms with Gasteiger partial charge in [-0.3, -0.25) is 19.3 Å². The van der Waals surface area contributed by atoms with E-state index in [1.807, 2.05) is 12.1 Å². The van der Waals surface area contributed by atoms with Gasteiger partial charge in [0.1, 0.15) is 0 Å². The van der Waals surface area contributed by atoms with Crippen molar-refractivity contribution < 1.29 is 23.9 Å². The number of hydrogen-bond donors (Lipinski definition) is 1. The molecule has 0 spiro atoms. The van der Waals surface area contributed by atoms with E-state index in [-0.39, 0.29) is 43.9 Å². The average molecular weight is 378 g/mol. The molecule has 7 nitrogen and oxygen atoms in total. The van der Waals surface area contributed by atoms with Crippen molar-refractivity contribution in [1.82, 2.24) is 4.90 Å². The molecule has 2 aromatic rings. The normalized spacial score (nSPS) is 15.5. The number of carbonyl (C=O) groups is 3. The minimum absolute atomic E-state index is 0.143. The monoisotopic (exact) mass is 378 g/mol. The third-order valence-corrected chi connectivity index (χ3v) is 4.54. The Kier molecular flexibility index (Phi) is 4.80. The SMILES string of the molecule is O=C(/C=C/c1ccc2c(c1)OCO2)Nc1ccc(CN2C(=O)CCC2=O)cc1. The van der Waals surface area contributed by atoms with E-state index in [0.29, 0.717) is 17.2 Å². The van der Waals surface area contributed by atoms with Gasteiger partial charge >= 0.3 is 0 Å². The highest BCUT2D eigenvalue weighted by molar-refractivity contribution is 6.02. The number of carbonyl (C=O) groups excluding carboxylic acids is 3. The van der Waals surface area contributed by atoms with Gasteiger partial charge in [0.25, 0.3) is 0 Å². The Hall–Kier alpha value is -3.61. The number of nitrogens with zero attached hydrogens (tertiary/aromatic N) is 1. The molecule has 142 valence electrons. The number of imide groups is 1. The predicted octanol–water partition coefficient (Wildman–Crippen LogP) is 2.72. The summed E-state index contributed by atoms with van der Waals surface area (Å²) >= 11 is 0. The number of amides is 3. The van der Waals surface area contributed by atoms with E-state index in [4.69, 9.17) is 9.47 Å². The molecule has 0 bridgehead atoms. The third kappa shape index (κ3) is 3.88. The molecule has 0 aliphatic carbocycles. The molecule has 1 fully saturated rings. The van der Waals surface area contributed by atoms with E-state index < -0.39 is 0 Å². The van der Waals surface area contributed by atoms with E-state index >= 15 is 0 Å². The molecule has 4 rings (SSSR count). The Morgan fingerprint density at radius 1 is 1.00 bits per heavy atom. The van der Waals surface area contributed by atoms with Crippen molar-refractivity contribution in [2.24, 2.45) is 0 Å². The van der Waals surface area contributed by atoms with Crippen molar-refractivity contribution in [3.63, 3.8) is 0 Å². The van der Waals surface area contributed by atoms with E-state index in [1.54, 1.807) is 36.4 Å². The van der Waals surface area contributed by atoms with Crippen molar-refractivity contribution in [3.8, 4) is 11.5 Å². The zero-order valence-electron chi connectivity index (χ0n) is 15.0.